The Labute approximate surface area is 172 Å². The molecule has 5 nitrogen and oxygen atoms in total. The summed E-state index contributed by atoms with van der Waals surface area (Å²) in [5, 5.41) is 11.5. The van der Waals surface area contributed by atoms with Crippen LogP contribution < -0.4 is 10.2 Å². The lowest BCUT2D eigenvalue weighted by Gasteiger charge is -2.29. The van der Waals surface area contributed by atoms with Crippen LogP contribution in [0.2, 0.25) is 0 Å². The number of ether oxygens (including phenoxy) is 1. The Kier molecular flexibility index (Phi) is 6.05. The lowest BCUT2D eigenvalue weighted by atomic mass is 9.82. The van der Waals surface area contributed by atoms with Crippen molar-refractivity contribution in [3.63, 3.8) is 0 Å². The highest BCUT2D eigenvalue weighted by atomic mass is 16.5. The Morgan fingerprint density at radius 2 is 1.90 bits per heavy atom. The van der Waals surface area contributed by atoms with Crippen molar-refractivity contribution in [2.45, 2.75) is 43.9 Å². The number of amides is 1. The quantitative estimate of drug-likeness (QED) is 0.659. The standard InChI is InChI=1S/C24H30N2O3/c1-29-14-13-26(21-9-7-18(8-10-21)17-5-6-17)22-11-12-23-19(15-22)3-2-4-20(23)16-25-24(27)28/h7-12,15,17,20,25H,2-6,13-14,16H2,1H3,(H,27,28)/t20-/m0/s1. The molecule has 4 rings (SSSR count). The van der Waals surface area contributed by atoms with E-state index in [1.54, 1.807) is 7.11 Å². The van der Waals surface area contributed by atoms with Gasteiger partial charge in [0.15, 0.2) is 0 Å². The second-order valence-corrected chi connectivity index (χ2v) is 8.17. The van der Waals surface area contributed by atoms with Gasteiger partial charge in [-0.15, -0.1) is 0 Å². The highest BCUT2D eigenvalue weighted by Crippen LogP contribution is 2.41. The molecule has 0 spiro atoms. The molecule has 2 N–H and O–H groups in total. The average Bonchev–Trinajstić information content (AvgIpc) is 3.58. The highest BCUT2D eigenvalue weighted by molar-refractivity contribution is 5.66. The summed E-state index contributed by atoms with van der Waals surface area (Å²) in [6.45, 7) is 1.94. The second kappa shape index (κ2) is 8.87. The van der Waals surface area contributed by atoms with Gasteiger partial charge in [-0.1, -0.05) is 18.2 Å². The third-order valence-electron chi connectivity index (χ3n) is 6.15. The molecule has 0 saturated heterocycles. The van der Waals surface area contributed by atoms with E-state index in [4.69, 9.17) is 9.84 Å². The summed E-state index contributed by atoms with van der Waals surface area (Å²) in [5.74, 6) is 1.02. The van der Waals surface area contributed by atoms with Crippen molar-refractivity contribution in [2.75, 3.05) is 31.7 Å². The van der Waals surface area contributed by atoms with Crippen LogP contribution in [-0.4, -0.2) is 38.0 Å². The van der Waals surface area contributed by atoms with E-state index >= 15 is 0 Å². The highest BCUT2D eigenvalue weighted by Gasteiger charge is 2.24. The van der Waals surface area contributed by atoms with Crippen LogP contribution >= 0.6 is 0 Å². The fraction of sp³-hybridized carbons (Fsp3) is 0.458. The van der Waals surface area contributed by atoms with Crippen LogP contribution in [0.1, 0.15) is 54.2 Å². The fourth-order valence-corrected chi connectivity index (χ4v) is 4.42. The maximum atomic E-state index is 10.9. The second-order valence-electron chi connectivity index (χ2n) is 8.17. The zero-order valence-corrected chi connectivity index (χ0v) is 17.1. The predicted molar refractivity (Wildman–Crippen MR) is 115 cm³/mol. The number of anilines is 2. The number of rotatable bonds is 8. The topological polar surface area (TPSA) is 61.8 Å². The molecule has 0 unspecified atom stereocenters. The minimum atomic E-state index is -0.950. The molecule has 1 fully saturated rings. The Bertz CT molecular complexity index is 846. The number of carbonyl (C=O) groups is 1. The van der Waals surface area contributed by atoms with Crippen LogP contribution in [0.4, 0.5) is 16.2 Å². The zero-order chi connectivity index (χ0) is 20.2. The van der Waals surface area contributed by atoms with Crippen LogP contribution in [-0.2, 0) is 11.2 Å². The molecule has 2 aliphatic rings. The molecular formula is C24H30N2O3. The third kappa shape index (κ3) is 4.73. The molecule has 29 heavy (non-hydrogen) atoms. The Balaban J connectivity index is 1.58. The molecule has 5 heteroatoms. The Morgan fingerprint density at radius 3 is 2.59 bits per heavy atom. The molecule has 0 radical (unpaired) electrons. The number of fused-ring (bicyclic) bond motifs is 1. The number of hydrogen-bond acceptors (Lipinski definition) is 3. The van der Waals surface area contributed by atoms with E-state index in [0.717, 1.165) is 31.7 Å². The first kappa shape index (κ1) is 19.8. The number of aryl methyl sites for hydroxylation is 1. The van der Waals surface area contributed by atoms with Crippen LogP contribution in [0.3, 0.4) is 0 Å². The van der Waals surface area contributed by atoms with Crippen LogP contribution in [0.5, 0.6) is 0 Å². The van der Waals surface area contributed by atoms with Crippen LogP contribution in [0.15, 0.2) is 42.5 Å². The first-order valence-electron chi connectivity index (χ1n) is 10.6. The Hall–Kier alpha value is -2.53. The zero-order valence-electron chi connectivity index (χ0n) is 17.1. The molecule has 0 bridgehead atoms. The van der Waals surface area contributed by atoms with E-state index in [1.807, 2.05) is 0 Å². The largest absolute Gasteiger partial charge is 0.465 e. The molecule has 1 amide bonds. The lowest BCUT2D eigenvalue weighted by Crippen LogP contribution is -2.28. The summed E-state index contributed by atoms with van der Waals surface area (Å²) in [4.78, 5) is 13.2. The van der Waals surface area contributed by atoms with Crippen molar-refractivity contribution in [1.29, 1.82) is 0 Å². The Morgan fingerprint density at radius 1 is 1.14 bits per heavy atom. The summed E-state index contributed by atoms with van der Waals surface area (Å²) < 4.78 is 5.37. The summed E-state index contributed by atoms with van der Waals surface area (Å²) in [5.41, 5.74) is 6.42. The number of hydrogen-bond donors (Lipinski definition) is 2. The lowest BCUT2D eigenvalue weighted by molar-refractivity contribution is 0.193. The van der Waals surface area contributed by atoms with Gasteiger partial charge in [0.2, 0.25) is 0 Å². The van der Waals surface area contributed by atoms with Gasteiger partial charge >= 0.3 is 6.09 Å². The molecule has 2 aromatic carbocycles. The summed E-state index contributed by atoms with van der Waals surface area (Å²) in [6.07, 6.45) is 4.85. The first-order valence-corrected chi connectivity index (χ1v) is 10.6. The van der Waals surface area contributed by atoms with Gasteiger partial charge in [-0.2, -0.15) is 0 Å². The van der Waals surface area contributed by atoms with Gasteiger partial charge in [-0.05, 0) is 79.0 Å². The van der Waals surface area contributed by atoms with Gasteiger partial charge in [0, 0.05) is 37.5 Å². The van der Waals surface area contributed by atoms with Crippen LogP contribution in [0.25, 0.3) is 0 Å². The van der Waals surface area contributed by atoms with E-state index in [-0.39, 0.29) is 5.92 Å². The van der Waals surface area contributed by atoms with Gasteiger partial charge in [0.25, 0.3) is 0 Å². The number of nitrogens with zero attached hydrogens (tertiary/aromatic N) is 1. The number of nitrogens with one attached hydrogen (secondary N) is 1. The monoisotopic (exact) mass is 394 g/mol. The van der Waals surface area contributed by atoms with Crippen molar-refractivity contribution in [3.8, 4) is 0 Å². The minimum absolute atomic E-state index is 0.258. The van der Waals surface area contributed by atoms with E-state index in [0.29, 0.717) is 13.2 Å². The number of methoxy groups -OCH3 is 1. The molecular weight excluding hydrogens is 364 g/mol. The molecule has 2 aliphatic carbocycles. The van der Waals surface area contributed by atoms with Crippen LogP contribution in [0, 0.1) is 0 Å². The van der Waals surface area contributed by atoms with E-state index < -0.39 is 6.09 Å². The predicted octanol–water partition coefficient (Wildman–Crippen LogP) is 5.04. The minimum Gasteiger partial charge on any atom is -0.465 e. The van der Waals surface area contributed by atoms with Gasteiger partial charge in [0.05, 0.1) is 6.61 Å². The molecule has 1 atom stereocenters. The normalized spacial score (nSPS) is 18.2. The smallest absolute Gasteiger partial charge is 0.404 e. The summed E-state index contributed by atoms with van der Waals surface area (Å²) in [6, 6.07) is 15.6. The summed E-state index contributed by atoms with van der Waals surface area (Å²) >= 11 is 0. The van der Waals surface area contributed by atoms with E-state index in [2.05, 4.69) is 52.7 Å². The molecule has 2 aromatic rings. The summed E-state index contributed by atoms with van der Waals surface area (Å²) in [7, 11) is 1.74. The van der Waals surface area contributed by atoms with E-state index in [1.165, 1.54) is 40.9 Å². The molecule has 0 aromatic heterocycles. The molecule has 0 heterocycles. The third-order valence-corrected chi connectivity index (χ3v) is 6.15. The van der Waals surface area contributed by atoms with Crippen molar-refractivity contribution >= 4 is 17.5 Å². The van der Waals surface area contributed by atoms with Crippen molar-refractivity contribution in [2.24, 2.45) is 0 Å². The number of benzene rings is 2. The average molecular weight is 395 g/mol. The fourth-order valence-electron chi connectivity index (χ4n) is 4.42. The first-order chi connectivity index (χ1) is 14.2. The van der Waals surface area contributed by atoms with E-state index in [9.17, 15) is 4.79 Å². The van der Waals surface area contributed by atoms with Gasteiger partial charge in [0.1, 0.15) is 0 Å². The molecule has 154 valence electrons. The molecule has 1 saturated carbocycles. The van der Waals surface area contributed by atoms with Crippen molar-refractivity contribution in [1.82, 2.24) is 5.32 Å². The van der Waals surface area contributed by atoms with Gasteiger partial charge in [-0.3, -0.25) is 0 Å². The number of carboxylic acid groups (broad SMARTS) is 1. The maximum Gasteiger partial charge on any atom is 0.404 e. The van der Waals surface area contributed by atoms with Gasteiger partial charge < -0.3 is 20.1 Å². The maximum absolute atomic E-state index is 10.9. The van der Waals surface area contributed by atoms with Gasteiger partial charge in [-0.25, -0.2) is 4.79 Å². The SMILES string of the molecule is COCCN(c1ccc(C2CC2)cc1)c1ccc2c(c1)CCC[C@H]2CNC(=O)O. The van der Waals surface area contributed by atoms with Crippen molar-refractivity contribution < 1.29 is 14.6 Å². The van der Waals surface area contributed by atoms with Crippen molar-refractivity contribution in [3.05, 3.63) is 59.2 Å². The molecule has 0 aliphatic heterocycles.